The van der Waals surface area contributed by atoms with Gasteiger partial charge in [-0.2, -0.15) is 0 Å². The van der Waals surface area contributed by atoms with Gasteiger partial charge in [0, 0.05) is 23.3 Å². The highest BCUT2D eigenvalue weighted by Crippen LogP contribution is 2.56. The number of hydrogen-bond donors (Lipinski definition) is 0. The van der Waals surface area contributed by atoms with Crippen molar-refractivity contribution in [3.8, 4) is 0 Å². The first-order chi connectivity index (χ1) is 11.2. The monoisotopic (exact) mass is 318 g/mol. The molecule has 1 aromatic carbocycles. The number of allylic oxidation sites excluding steroid dienone is 4. The number of benzene rings is 1. The van der Waals surface area contributed by atoms with Gasteiger partial charge in [0.05, 0.1) is 0 Å². The molecule has 0 heterocycles. The summed E-state index contributed by atoms with van der Waals surface area (Å²) in [6.45, 7) is 2.22. The van der Waals surface area contributed by atoms with Gasteiger partial charge in [0.1, 0.15) is 0 Å². The van der Waals surface area contributed by atoms with E-state index in [2.05, 4.69) is 98.1 Å². The number of hydrogen-bond acceptors (Lipinski definition) is 1. The fraction of sp³-hybridized carbons (Fsp3) is 0.238. The lowest BCUT2D eigenvalue weighted by atomic mass is 10.1. The minimum Gasteiger partial charge on any atom is -0.302 e. The van der Waals surface area contributed by atoms with Gasteiger partial charge in [-0.1, -0.05) is 60.0 Å². The molecule has 0 saturated heterocycles. The average Bonchev–Trinajstić information content (AvgIpc) is 3.05. The maximum absolute atomic E-state index is 3.38. The van der Waals surface area contributed by atoms with Crippen molar-refractivity contribution in [3.05, 3.63) is 88.4 Å². The van der Waals surface area contributed by atoms with Crippen LogP contribution in [-0.4, -0.2) is 25.0 Å². The van der Waals surface area contributed by atoms with E-state index in [1.807, 2.05) is 0 Å². The van der Waals surface area contributed by atoms with E-state index in [4.69, 9.17) is 0 Å². The summed E-state index contributed by atoms with van der Waals surface area (Å²) in [5.41, 5.74) is 11.0. The van der Waals surface area contributed by atoms with Crippen LogP contribution in [0.3, 0.4) is 0 Å². The summed E-state index contributed by atoms with van der Waals surface area (Å²) in [5.74, 6) is 0. The smallest absolute Gasteiger partial charge is 0.0482 e. The molecular formula is C21H21NP. The van der Waals surface area contributed by atoms with Gasteiger partial charge in [0.2, 0.25) is 0 Å². The summed E-state index contributed by atoms with van der Waals surface area (Å²) in [5, 5.41) is 4.10. The van der Waals surface area contributed by atoms with Gasteiger partial charge in [-0.25, -0.2) is 0 Å². The van der Waals surface area contributed by atoms with Crippen molar-refractivity contribution in [3.63, 3.8) is 0 Å². The van der Waals surface area contributed by atoms with Crippen LogP contribution >= 0.6 is 7.92 Å². The molecule has 0 amide bonds. The fourth-order valence-corrected chi connectivity index (χ4v) is 5.23. The molecule has 2 heteroatoms. The summed E-state index contributed by atoms with van der Waals surface area (Å²) in [6.07, 6.45) is 9.77. The lowest BCUT2D eigenvalue weighted by Crippen LogP contribution is -2.27. The van der Waals surface area contributed by atoms with Crippen molar-refractivity contribution in [2.45, 2.75) is 19.4 Å². The first-order valence-electron chi connectivity index (χ1n) is 7.90. The number of rotatable bonds is 5. The van der Waals surface area contributed by atoms with Gasteiger partial charge < -0.3 is 4.90 Å². The zero-order valence-corrected chi connectivity index (χ0v) is 14.8. The molecule has 1 aromatic rings. The molecule has 115 valence electrons. The SMILES string of the molecule is C[C@@H](C1=C=C=C=C1P(C1=C[CH]C=CC1)c1ccccc1)N(C)C. The summed E-state index contributed by atoms with van der Waals surface area (Å²) >= 11 is 0. The Morgan fingerprint density at radius 2 is 1.91 bits per heavy atom. The van der Waals surface area contributed by atoms with Crippen LogP contribution in [0.4, 0.5) is 0 Å². The van der Waals surface area contributed by atoms with Crippen molar-refractivity contribution in [1.29, 1.82) is 0 Å². The summed E-state index contributed by atoms with van der Waals surface area (Å²) in [7, 11) is 3.64. The molecule has 1 unspecified atom stereocenters. The van der Waals surface area contributed by atoms with Gasteiger partial charge >= 0.3 is 0 Å². The van der Waals surface area contributed by atoms with E-state index in [0.717, 1.165) is 6.42 Å². The Morgan fingerprint density at radius 3 is 2.57 bits per heavy atom. The maximum atomic E-state index is 3.38. The quantitative estimate of drug-likeness (QED) is 0.570. The highest BCUT2D eigenvalue weighted by Gasteiger charge is 2.28. The van der Waals surface area contributed by atoms with Crippen LogP contribution in [0.1, 0.15) is 13.3 Å². The summed E-state index contributed by atoms with van der Waals surface area (Å²) in [4.78, 5) is 2.22. The Bertz CT molecular complexity index is 778. The minimum absolute atomic E-state index is 0.310. The molecule has 3 rings (SSSR count). The normalized spacial score (nSPS) is 18.7. The minimum atomic E-state index is -0.576. The second kappa shape index (κ2) is 7.16. The molecule has 2 aliphatic carbocycles. The van der Waals surface area contributed by atoms with E-state index in [9.17, 15) is 0 Å². The van der Waals surface area contributed by atoms with Crippen molar-refractivity contribution in [2.24, 2.45) is 0 Å². The molecule has 0 bridgehead atoms. The molecule has 23 heavy (non-hydrogen) atoms. The van der Waals surface area contributed by atoms with Crippen molar-refractivity contribution < 1.29 is 0 Å². The van der Waals surface area contributed by atoms with Gasteiger partial charge in [0.15, 0.2) is 0 Å². The summed E-state index contributed by atoms with van der Waals surface area (Å²) in [6, 6.07) is 11.1. The van der Waals surface area contributed by atoms with E-state index in [0.29, 0.717) is 6.04 Å². The molecule has 2 atom stereocenters. The Balaban J connectivity index is 2.02. The Hall–Kier alpha value is -1.83. The third-order valence-electron chi connectivity index (χ3n) is 4.21. The third-order valence-corrected chi connectivity index (χ3v) is 6.73. The first-order valence-corrected chi connectivity index (χ1v) is 9.24. The topological polar surface area (TPSA) is 3.24 Å². The standard InChI is InChI=1S/C21H21NP/c1-17(22(2)3)20-15-10-16-21(20)23(18-11-6-4-7-12-18)19-13-8-5-9-14-19/h4-9,11-13,17H,14H2,1-3H3/t17-,23?/m0/s1. The van der Waals surface area contributed by atoms with Crippen molar-refractivity contribution >= 4 is 13.2 Å². The van der Waals surface area contributed by atoms with E-state index < -0.39 is 7.92 Å². The summed E-state index contributed by atoms with van der Waals surface area (Å²) < 4.78 is 0. The van der Waals surface area contributed by atoms with Gasteiger partial charge in [-0.3, -0.25) is 0 Å². The van der Waals surface area contributed by atoms with Crippen LogP contribution in [0.15, 0.2) is 82.0 Å². The van der Waals surface area contributed by atoms with Gasteiger partial charge in [-0.15, -0.1) is 0 Å². The molecule has 1 radical (unpaired) electrons. The van der Waals surface area contributed by atoms with Crippen molar-refractivity contribution in [1.82, 2.24) is 4.90 Å². The number of likely N-dealkylation sites (N-methyl/N-ethyl adjacent to an activating group) is 1. The molecule has 0 aromatic heterocycles. The lowest BCUT2D eigenvalue weighted by molar-refractivity contribution is 0.355. The molecular weight excluding hydrogens is 297 g/mol. The third kappa shape index (κ3) is 3.41. The molecule has 0 fully saturated rings. The highest BCUT2D eigenvalue weighted by molar-refractivity contribution is 7.74. The van der Waals surface area contributed by atoms with Crippen molar-refractivity contribution in [2.75, 3.05) is 14.1 Å². The van der Waals surface area contributed by atoms with E-state index in [-0.39, 0.29) is 0 Å². The van der Waals surface area contributed by atoms with Crippen LogP contribution in [0.2, 0.25) is 0 Å². The Morgan fingerprint density at radius 1 is 1.13 bits per heavy atom. The zero-order valence-electron chi connectivity index (χ0n) is 13.9. The zero-order chi connectivity index (χ0) is 16.2. The van der Waals surface area contributed by atoms with Crippen LogP contribution in [0.25, 0.3) is 0 Å². The van der Waals surface area contributed by atoms with Crippen LogP contribution in [-0.2, 0) is 0 Å². The van der Waals surface area contributed by atoms with Gasteiger partial charge in [-0.05, 0) is 51.7 Å². The predicted molar refractivity (Wildman–Crippen MR) is 99.9 cm³/mol. The predicted octanol–water partition coefficient (Wildman–Crippen LogP) is 4.52. The maximum Gasteiger partial charge on any atom is 0.0482 e. The molecule has 0 aliphatic heterocycles. The van der Waals surface area contributed by atoms with Crippen LogP contribution in [0, 0.1) is 6.42 Å². The number of nitrogens with zero attached hydrogens (tertiary/aromatic N) is 1. The lowest BCUT2D eigenvalue weighted by Gasteiger charge is -2.28. The molecule has 0 spiro atoms. The largest absolute Gasteiger partial charge is 0.302 e. The second-order valence-corrected chi connectivity index (χ2v) is 8.14. The highest BCUT2D eigenvalue weighted by atomic mass is 31.1. The van der Waals surface area contributed by atoms with Crippen LogP contribution < -0.4 is 5.30 Å². The van der Waals surface area contributed by atoms with Gasteiger partial charge in [0.25, 0.3) is 0 Å². The van der Waals surface area contributed by atoms with E-state index >= 15 is 0 Å². The second-order valence-electron chi connectivity index (χ2n) is 5.93. The average molecular weight is 318 g/mol. The fourth-order valence-electron chi connectivity index (χ4n) is 2.70. The Labute approximate surface area is 140 Å². The molecule has 1 nitrogen and oxygen atoms in total. The van der Waals surface area contributed by atoms with E-state index in [1.165, 1.54) is 21.5 Å². The van der Waals surface area contributed by atoms with E-state index in [1.54, 1.807) is 0 Å². The van der Waals surface area contributed by atoms with Crippen LogP contribution in [0.5, 0.6) is 0 Å². The molecule has 2 aliphatic rings. The molecule has 0 N–H and O–H groups in total. The first kappa shape index (κ1) is 16.0. The Kier molecular flexibility index (Phi) is 5.00. The molecule has 0 saturated carbocycles.